The monoisotopic (exact) mass is 337 g/mol. The molecule has 1 aliphatic carbocycles. The molecule has 1 heterocycles. The molecular formula is C21H23NO3. The van der Waals surface area contributed by atoms with Crippen LogP contribution in [-0.2, 0) is 0 Å². The van der Waals surface area contributed by atoms with Crippen LogP contribution in [0.2, 0.25) is 0 Å². The zero-order valence-corrected chi connectivity index (χ0v) is 14.6. The van der Waals surface area contributed by atoms with Crippen molar-refractivity contribution in [1.29, 1.82) is 0 Å². The molecule has 2 aromatic carbocycles. The Hall–Kier alpha value is -2.33. The number of likely N-dealkylation sites (tertiary alicyclic amines) is 1. The van der Waals surface area contributed by atoms with Gasteiger partial charge in [0.2, 0.25) is 0 Å². The van der Waals surface area contributed by atoms with E-state index < -0.39 is 0 Å². The lowest BCUT2D eigenvalue weighted by Crippen LogP contribution is -2.21. The minimum Gasteiger partial charge on any atom is -0.496 e. The molecule has 0 N–H and O–H groups in total. The van der Waals surface area contributed by atoms with Gasteiger partial charge in [-0.1, -0.05) is 24.3 Å². The molecular weight excluding hydrogens is 314 g/mol. The molecule has 1 fully saturated rings. The van der Waals surface area contributed by atoms with E-state index in [4.69, 9.17) is 9.47 Å². The van der Waals surface area contributed by atoms with Gasteiger partial charge >= 0.3 is 0 Å². The van der Waals surface area contributed by atoms with Crippen LogP contribution in [0.25, 0.3) is 11.1 Å². The Bertz CT molecular complexity index is 794. The Labute approximate surface area is 148 Å². The summed E-state index contributed by atoms with van der Waals surface area (Å²) in [7, 11) is 1.64. The summed E-state index contributed by atoms with van der Waals surface area (Å²) in [5.41, 5.74) is 3.14. The first-order valence-electron chi connectivity index (χ1n) is 9.00. The first-order valence-corrected chi connectivity index (χ1v) is 9.00. The fourth-order valence-electron chi connectivity index (χ4n) is 3.87. The van der Waals surface area contributed by atoms with Gasteiger partial charge < -0.3 is 14.4 Å². The highest BCUT2D eigenvalue weighted by atomic mass is 16.5. The van der Waals surface area contributed by atoms with Crippen LogP contribution in [0.3, 0.4) is 0 Å². The molecule has 4 nitrogen and oxygen atoms in total. The maximum atomic E-state index is 12.7. The molecule has 0 unspecified atom stereocenters. The number of hydrogen-bond donors (Lipinski definition) is 0. The van der Waals surface area contributed by atoms with Gasteiger partial charge in [0.25, 0.3) is 0 Å². The Balaban J connectivity index is 1.56. The molecule has 0 aromatic heterocycles. The normalized spacial score (nSPS) is 16.0. The smallest absolute Gasteiger partial charge is 0.194 e. The highest BCUT2D eigenvalue weighted by molar-refractivity contribution is 6.23. The van der Waals surface area contributed by atoms with E-state index in [0.29, 0.717) is 17.7 Å². The molecule has 2 aromatic rings. The minimum absolute atomic E-state index is 0.0476. The summed E-state index contributed by atoms with van der Waals surface area (Å²) in [4.78, 5) is 15.2. The number of methoxy groups -OCH3 is 1. The van der Waals surface area contributed by atoms with E-state index in [1.807, 2.05) is 36.4 Å². The molecule has 0 bridgehead atoms. The molecule has 1 saturated heterocycles. The van der Waals surface area contributed by atoms with Crippen molar-refractivity contribution < 1.29 is 14.3 Å². The van der Waals surface area contributed by atoms with Crippen molar-refractivity contribution in [1.82, 2.24) is 4.90 Å². The van der Waals surface area contributed by atoms with E-state index in [1.54, 1.807) is 7.11 Å². The molecule has 0 saturated carbocycles. The van der Waals surface area contributed by atoms with Gasteiger partial charge in [0.05, 0.1) is 13.7 Å². The summed E-state index contributed by atoms with van der Waals surface area (Å²) < 4.78 is 11.6. The summed E-state index contributed by atoms with van der Waals surface area (Å²) in [6.07, 6.45) is 3.62. The maximum absolute atomic E-state index is 12.7. The van der Waals surface area contributed by atoms with Gasteiger partial charge in [0, 0.05) is 28.8 Å². The highest BCUT2D eigenvalue weighted by Crippen LogP contribution is 2.47. The standard InChI is InChI=1S/C21H23NO3/c1-24-17-9-4-7-15-19(17)20-16(21(15)23)8-5-10-18(20)25-14-6-13-22-11-2-3-12-22/h4-5,7-10H,2-3,6,11-14H2,1H3. The number of carbonyl (C=O) groups is 1. The van der Waals surface area contributed by atoms with Crippen LogP contribution in [-0.4, -0.2) is 44.0 Å². The van der Waals surface area contributed by atoms with Gasteiger partial charge in [-0.3, -0.25) is 4.79 Å². The summed E-state index contributed by atoms with van der Waals surface area (Å²) in [5.74, 6) is 1.54. The third kappa shape index (κ3) is 2.91. The van der Waals surface area contributed by atoms with Gasteiger partial charge in [0.15, 0.2) is 5.78 Å². The molecule has 0 amide bonds. The minimum atomic E-state index is 0.0476. The van der Waals surface area contributed by atoms with Crippen LogP contribution in [0.4, 0.5) is 0 Å². The second kappa shape index (κ2) is 6.89. The molecule has 25 heavy (non-hydrogen) atoms. The van der Waals surface area contributed by atoms with Crippen molar-refractivity contribution in [2.45, 2.75) is 19.3 Å². The van der Waals surface area contributed by atoms with Crippen molar-refractivity contribution in [3.8, 4) is 22.6 Å². The van der Waals surface area contributed by atoms with Gasteiger partial charge in [0.1, 0.15) is 11.5 Å². The molecule has 4 heteroatoms. The molecule has 0 atom stereocenters. The Morgan fingerprint density at radius 3 is 2.28 bits per heavy atom. The quantitative estimate of drug-likeness (QED) is 0.642. The zero-order chi connectivity index (χ0) is 17.2. The lowest BCUT2D eigenvalue weighted by atomic mass is 10.0. The SMILES string of the molecule is COc1cccc2c1-c1c(OCCCN3CCCC3)cccc1C2=O. The molecule has 1 aliphatic heterocycles. The van der Waals surface area contributed by atoms with Crippen LogP contribution in [0.15, 0.2) is 36.4 Å². The fraction of sp³-hybridized carbons (Fsp3) is 0.381. The van der Waals surface area contributed by atoms with E-state index in [9.17, 15) is 4.79 Å². The van der Waals surface area contributed by atoms with Crippen LogP contribution in [0.5, 0.6) is 11.5 Å². The van der Waals surface area contributed by atoms with Gasteiger partial charge in [-0.25, -0.2) is 0 Å². The number of fused-ring (bicyclic) bond motifs is 3. The van der Waals surface area contributed by atoms with Gasteiger partial charge in [-0.15, -0.1) is 0 Å². The van der Waals surface area contributed by atoms with Crippen molar-refractivity contribution >= 4 is 5.78 Å². The van der Waals surface area contributed by atoms with E-state index in [0.717, 1.165) is 35.6 Å². The Kier molecular flexibility index (Phi) is 4.45. The average molecular weight is 337 g/mol. The van der Waals surface area contributed by atoms with E-state index in [2.05, 4.69) is 4.90 Å². The maximum Gasteiger partial charge on any atom is 0.194 e. The Morgan fingerprint density at radius 1 is 0.960 bits per heavy atom. The lowest BCUT2D eigenvalue weighted by molar-refractivity contribution is 0.104. The zero-order valence-electron chi connectivity index (χ0n) is 14.6. The number of nitrogens with zero attached hydrogens (tertiary/aromatic N) is 1. The van der Waals surface area contributed by atoms with E-state index >= 15 is 0 Å². The van der Waals surface area contributed by atoms with Crippen molar-refractivity contribution in [3.63, 3.8) is 0 Å². The average Bonchev–Trinajstić information content (AvgIpc) is 3.26. The van der Waals surface area contributed by atoms with Crippen LogP contribution in [0, 0.1) is 0 Å². The topological polar surface area (TPSA) is 38.8 Å². The predicted molar refractivity (Wildman–Crippen MR) is 97.6 cm³/mol. The van der Waals surface area contributed by atoms with Crippen molar-refractivity contribution in [2.75, 3.05) is 33.4 Å². The number of benzene rings is 2. The summed E-state index contributed by atoms with van der Waals surface area (Å²) in [6.45, 7) is 4.15. The Morgan fingerprint density at radius 2 is 1.60 bits per heavy atom. The molecule has 0 spiro atoms. The van der Waals surface area contributed by atoms with Crippen LogP contribution >= 0.6 is 0 Å². The number of carbonyl (C=O) groups excluding carboxylic acids is 1. The fourth-order valence-corrected chi connectivity index (χ4v) is 3.87. The van der Waals surface area contributed by atoms with Crippen LogP contribution < -0.4 is 9.47 Å². The lowest BCUT2D eigenvalue weighted by Gasteiger charge is -2.16. The largest absolute Gasteiger partial charge is 0.496 e. The number of hydrogen-bond acceptors (Lipinski definition) is 4. The summed E-state index contributed by atoms with van der Waals surface area (Å²) in [5, 5.41) is 0. The predicted octanol–water partition coefficient (Wildman–Crippen LogP) is 3.77. The highest BCUT2D eigenvalue weighted by Gasteiger charge is 2.32. The molecule has 130 valence electrons. The number of ether oxygens (including phenoxy) is 2. The first kappa shape index (κ1) is 16.2. The van der Waals surface area contributed by atoms with Gasteiger partial charge in [-0.05, 0) is 44.5 Å². The number of ketones is 1. The second-order valence-electron chi connectivity index (χ2n) is 6.64. The van der Waals surface area contributed by atoms with Gasteiger partial charge in [-0.2, -0.15) is 0 Å². The molecule has 2 aliphatic rings. The molecule has 0 radical (unpaired) electrons. The van der Waals surface area contributed by atoms with Crippen molar-refractivity contribution in [3.05, 3.63) is 47.5 Å². The van der Waals surface area contributed by atoms with E-state index in [-0.39, 0.29) is 5.78 Å². The molecule has 4 rings (SSSR count). The second-order valence-corrected chi connectivity index (χ2v) is 6.64. The summed E-state index contributed by atoms with van der Waals surface area (Å²) in [6, 6.07) is 11.3. The third-order valence-electron chi connectivity index (χ3n) is 5.09. The summed E-state index contributed by atoms with van der Waals surface area (Å²) >= 11 is 0. The van der Waals surface area contributed by atoms with Crippen molar-refractivity contribution in [2.24, 2.45) is 0 Å². The van der Waals surface area contributed by atoms with Crippen LogP contribution in [0.1, 0.15) is 35.2 Å². The van der Waals surface area contributed by atoms with E-state index in [1.165, 1.54) is 25.9 Å². The number of rotatable bonds is 6. The first-order chi connectivity index (χ1) is 12.3. The third-order valence-corrected chi connectivity index (χ3v) is 5.09.